The third-order valence-corrected chi connectivity index (χ3v) is 5.75. The van der Waals surface area contributed by atoms with Crippen LogP contribution in [-0.4, -0.2) is 25.8 Å². The van der Waals surface area contributed by atoms with E-state index in [1.165, 1.54) is 0 Å². The lowest BCUT2D eigenvalue weighted by molar-refractivity contribution is -0.137. The van der Waals surface area contributed by atoms with Gasteiger partial charge in [-0.3, -0.25) is 14.5 Å². The van der Waals surface area contributed by atoms with Gasteiger partial charge in [-0.05, 0) is 54.3 Å². The molecule has 0 amide bonds. The van der Waals surface area contributed by atoms with Gasteiger partial charge in [0.05, 0.1) is 24.7 Å². The number of hydrogen-bond donors (Lipinski definition) is 1. The fourth-order valence-corrected chi connectivity index (χ4v) is 4.03. The summed E-state index contributed by atoms with van der Waals surface area (Å²) < 4.78 is 8.06. The monoisotopic (exact) mass is 441 g/mol. The number of benzene rings is 2. The summed E-state index contributed by atoms with van der Waals surface area (Å²) >= 11 is 0. The average molecular weight is 442 g/mol. The van der Waals surface area contributed by atoms with E-state index in [1.807, 2.05) is 72.5 Å². The highest BCUT2D eigenvalue weighted by molar-refractivity contribution is 5.83. The summed E-state index contributed by atoms with van der Waals surface area (Å²) in [7, 11) is 0. The maximum Gasteiger partial charge on any atom is 0.304 e. The largest absolute Gasteiger partial charge is 0.489 e. The number of aliphatic carboxylic acids is 1. The maximum absolute atomic E-state index is 11.1. The lowest BCUT2D eigenvalue weighted by Gasteiger charge is -2.14. The molecule has 0 bridgehead atoms. The molecule has 6 nitrogen and oxygen atoms in total. The zero-order chi connectivity index (χ0) is 23.2. The van der Waals surface area contributed by atoms with Crippen LogP contribution in [0, 0.1) is 6.92 Å². The number of hydrogen-bond acceptors (Lipinski definition) is 4. The molecule has 0 saturated heterocycles. The molecule has 0 aliphatic rings. The zero-order valence-electron chi connectivity index (χ0n) is 18.8. The van der Waals surface area contributed by atoms with Crippen molar-refractivity contribution in [3.05, 3.63) is 102 Å². The van der Waals surface area contributed by atoms with Gasteiger partial charge in [-0.25, -0.2) is 0 Å². The molecule has 33 heavy (non-hydrogen) atoms. The molecule has 4 aromatic rings. The number of pyridine rings is 1. The van der Waals surface area contributed by atoms with E-state index < -0.39 is 5.97 Å². The molecular weight excluding hydrogens is 414 g/mol. The van der Waals surface area contributed by atoms with Crippen LogP contribution < -0.4 is 4.74 Å². The molecule has 0 fully saturated rings. The first-order valence-electron chi connectivity index (χ1n) is 11.0. The van der Waals surface area contributed by atoms with Gasteiger partial charge in [0.15, 0.2) is 0 Å². The molecule has 2 aromatic heterocycles. The number of rotatable bonds is 9. The quantitative estimate of drug-likeness (QED) is 0.347. The number of nitrogens with zero attached hydrogens (tertiary/aromatic N) is 3. The van der Waals surface area contributed by atoms with Crippen molar-refractivity contribution in [3.8, 4) is 5.75 Å². The van der Waals surface area contributed by atoms with Gasteiger partial charge in [-0.1, -0.05) is 42.5 Å². The van der Waals surface area contributed by atoms with E-state index >= 15 is 0 Å². The summed E-state index contributed by atoms with van der Waals surface area (Å²) in [5.41, 5.74) is 5.39. The van der Waals surface area contributed by atoms with E-state index in [4.69, 9.17) is 9.84 Å². The number of carboxylic acids is 1. The van der Waals surface area contributed by atoms with Crippen molar-refractivity contribution in [2.24, 2.45) is 0 Å². The standard InChI is InChI=1S/C27H27N3O3/c1-3-5-22(14-26(31)32)21-9-11-25(12-10-21)33-18-24-8-7-23-16-29-30(27(23)19(24)2)17-20-6-4-13-28-15-20/h3-13,15-16,22H,14,17-18H2,1-2H3,(H,31,32)/t22-/m1/s1. The van der Waals surface area contributed by atoms with E-state index in [0.717, 1.165) is 38.9 Å². The highest BCUT2D eigenvalue weighted by atomic mass is 16.5. The molecule has 6 heteroatoms. The number of carbonyl (C=O) groups is 1. The maximum atomic E-state index is 11.1. The van der Waals surface area contributed by atoms with E-state index in [1.54, 1.807) is 6.20 Å². The number of aromatic nitrogens is 3. The van der Waals surface area contributed by atoms with Gasteiger partial charge in [0.25, 0.3) is 0 Å². The topological polar surface area (TPSA) is 77.2 Å². The third kappa shape index (κ3) is 5.29. The predicted octanol–water partition coefficient (Wildman–Crippen LogP) is 5.50. The number of ether oxygens (including phenoxy) is 1. The second-order valence-electron chi connectivity index (χ2n) is 8.04. The highest BCUT2D eigenvalue weighted by Crippen LogP contribution is 2.26. The van der Waals surface area contributed by atoms with Crippen LogP contribution in [0.25, 0.3) is 10.9 Å². The van der Waals surface area contributed by atoms with E-state index in [9.17, 15) is 4.79 Å². The predicted molar refractivity (Wildman–Crippen MR) is 128 cm³/mol. The third-order valence-electron chi connectivity index (χ3n) is 5.75. The van der Waals surface area contributed by atoms with Crippen molar-refractivity contribution in [2.45, 2.75) is 39.3 Å². The number of carboxylic acid groups (broad SMARTS) is 1. The second kappa shape index (κ2) is 10.1. The van der Waals surface area contributed by atoms with Crippen LogP contribution in [0.4, 0.5) is 0 Å². The average Bonchev–Trinajstić information content (AvgIpc) is 3.22. The summed E-state index contributed by atoms with van der Waals surface area (Å²) in [5, 5.41) is 14.8. The van der Waals surface area contributed by atoms with Crippen molar-refractivity contribution < 1.29 is 14.6 Å². The molecule has 0 spiro atoms. The second-order valence-corrected chi connectivity index (χ2v) is 8.04. The van der Waals surface area contributed by atoms with Crippen LogP contribution in [0.5, 0.6) is 5.75 Å². The minimum absolute atomic E-state index is 0.0660. The molecule has 2 heterocycles. The van der Waals surface area contributed by atoms with Crippen LogP contribution in [0.15, 0.2) is 79.3 Å². The number of allylic oxidation sites excluding steroid dienone is 2. The van der Waals surface area contributed by atoms with Crippen LogP contribution in [0.3, 0.4) is 0 Å². The lowest BCUT2D eigenvalue weighted by Crippen LogP contribution is -2.05. The highest BCUT2D eigenvalue weighted by Gasteiger charge is 2.13. The summed E-state index contributed by atoms with van der Waals surface area (Å²) in [6, 6.07) is 15.8. The lowest BCUT2D eigenvalue weighted by atomic mass is 9.95. The summed E-state index contributed by atoms with van der Waals surface area (Å²) in [6.07, 6.45) is 9.38. The first kappa shape index (κ1) is 22.3. The summed E-state index contributed by atoms with van der Waals surface area (Å²) in [4.78, 5) is 15.3. The van der Waals surface area contributed by atoms with Gasteiger partial charge in [0, 0.05) is 23.7 Å². The first-order chi connectivity index (χ1) is 16.0. The smallest absolute Gasteiger partial charge is 0.304 e. The fourth-order valence-electron chi connectivity index (χ4n) is 4.03. The molecular formula is C27H27N3O3. The van der Waals surface area contributed by atoms with Crippen molar-refractivity contribution >= 4 is 16.9 Å². The van der Waals surface area contributed by atoms with E-state index in [2.05, 4.69) is 29.1 Å². The molecule has 4 rings (SSSR count). The minimum Gasteiger partial charge on any atom is -0.489 e. The van der Waals surface area contributed by atoms with Crippen molar-refractivity contribution in [1.82, 2.24) is 14.8 Å². The van der Waals surface area contributed by atoms with Gasteiger partial charge < -0.3 is 9.84 Å². The Morgan fingerprint density at radius 1 is 1.15 bits per heavy atom. The van der Waals surface area contributed by atoms with Gasteiger partial charge in [-0.15, -0.1) is 0 Å². The molecule has 0 radical (unpaired) electrons. The molecule has 0 saturated carbocycles. The molecule has 2 aromatic carbocycles. The van der Waals surface area contributed by atoms with Gasteiger partial charge in [0.1, 0.15) is 12.4 Å². The normalized spacial score (nSPS) is 12.3. The molecule has 0 unspecified atom stereocenters. The number of aryl methyl sites for hydroxylation is 1. The molecule has 1 atom stereocenters. The number of fused-ring (bicyclic) bond motifs is 1. The van der Waals surface area contributed by atoms with Crippen LogP contribution in [0.1, 0.15) is 41.5 Å². The Morgan fingerprint density at radius 2 is 1.97 bits per heavy atom. The zero-order valence-corrected chi connectivity index (χ0v) is 18.8. The first-order valence-corrected chi connectivity index (χ1v) is 11.0. The summed E-state index contributed by atoms with van der Waals surface area (Å²) in [6.45, 7) is 5.09. The Balaban J connectivity index is 1.49. The van der Waals surface area contributed by atoms with E-state index in [-0.39, 0.29) is 12.3 Å². The molecule has 168 valence electrons. The van der Waals surface area contributed by atoms with Gasteiger partial charge in [0.2, 0.25) is 0 Å². The van der Waals surface area contributed by atoms with Crippen LogP contribution in [-0.2, 0) is 17.9 Å². The SMILES string of the molecule is CC=C[C@H](CC(=O)O)c1ccc(OCc2ccc3cnn(Cc4cccnc4)c3c2C)cc1. The minimum atomic E-state index is -0.813. The van der Waals surface area contributed by atoms with Crippen LogP contribution in [0.2, 0.25) is 0 Å². The Labute approximate surface area is 193 Å². The summed E-state index contributed by atoms with van der Waals surface area (Å²) in [5.74, 6) is -0.213. The fraction of sp³-hybridized carbons (Fsp3) is 0.222. The molecule has 0 aliphatic carbocycles. The Morgan fingerprint density at radius 3 is 2.67 bits per heavy atom. The van der Waals surface area contributed by atoms with Gasteiger partial charge in [-0.2, -0.15) is 5.10 Å². The Hall–Kier alpha value is -3.93. The van der Waals surface area contributed by atoms with Gasteiger partial charge >= 0.3 is 5.97 Å². The van der Waals surface area contributed by atoms with Crippen LogP contribution >= 0.6 is 0 Å². The molecule has 0 aliphatic heterocycles. The Bertz CT molecular complexity index is 1260. The molecule has 1 N–H and O–H groups in total. The Kier molecular flexibility index (Phi) is 6.83. The van der Waals surface area contributed by atoms with Crippen molar-refractivity contribution in [1.29, 1.82) is 0 Å². The van der Waals surface area contributed by atoms with Crippen molar-refractivity contribution in [2.75, 3.05) is 0 Å². The van der Waals surface area contributed by atoms with Crippen molar-refractivity contribution in [3.63, 3.8) is 0 Å². The van der Waals surface area contributed by atoms with E-state index in [0.29, 0.717) is 13.2 Å².